The molecular formula is C12H15NOS. The van der Waals surface area contributed by atoms with Crippen LogP contribution >= 0.6 is 11.8 Å². The van der Waals surface area contributed by atoms with Crippen LogP contribution in [0.1, 0.15) is 13.8 Å². The van der Waals surface area contributed by atoms with Gasteiger partial charge in [0.05, 0.1) is 11.4 Å². The average molecular weight is 221 g/mol. The largest absolute Gasteiger partial charge is 0.513 e. The van der Waals surface area contributed by atoms with Crippen molar-refractivity contribution in [2.75, 3.05) is 11.4 Å². The second kappa shape index (κ2) is 4.19. The lowest BCUT2D eigenvalue weighted by Crippen LogP contribution is -2.27. The van der Waals surface area contributed by atoms with Crippen molar-refractivity contribution < 1.29 is 5.11 Å². The molecule has 0 amide bonds. The van der Waals surface area contributed by atoms with Crippen LogP contribution in [-0.2, 0) is 0 Å². The number of para-hydroxylation sites is 1. The zero-order valence-electron chi connectivity index (χ0n) is 8.97. The first-order valence-electron chi connectivity index (χ1n) is 5.12. The molecule has 1 heterocycles. The molecule has 1 N–H and O–H groups in total. The Hall–Kier alpha value is -1.09. The fraction of sp³-hybridized carbons (Fsp3) is 0.333. The van der Waals surface area contributed by atoms with Gasteiger partial charge < -0.3 is 10.0 Å². The summed E-state index contributed by atoms with van der Waals surface area (Å²) in [6, 6.07) is 8.37. The highest BCUT2D eigenvalue weighted by Crippen LogP contribution is 2.43. The highest BCUT2D eigenvalue weighted by atomic mass is 32.2. The number of likely N-dealkylation sites (N-methyl/N-ethyl adjacent to an activating group) is 1. The molecule has 0 fully saturated rings. The predicted octanol–water partition coefficient (Wildman–Crippen LogP) is 3.41. The van der Waals surface area contributed by atoms with E-state index >= 15 is 0 Å². The first-order valence-corrected chi connectivity index (χ1v) is 6.00. The van der Waals surface area contributed by atoms with E-state index in [9.17, 15) is 5.11 Å². The molecule has 1 aromatic carbocycles. The van der Waals surface area contributed by atoms with Gasteiger partial charge in [-0.3, -0.25) is 0 Å². The molecule has 80 valence electrons. The van der Waals surface area contributed by atoms with Crippen LogP contribution in [0.3, 0.4) is 0 Å². The molecular weight excluding hydrogens is 206 g/mol. The average Bonchev–Trinajstić information content (AvgIpc) is 2.53. The van der Waals surface area contributed by atoms with Crippen LogP contribution < -0.4 is 4.90 Å². The van der Waals surface area contributed by atoms with Crippen molar-refractivity contribution >= 4 is 17.4 Å². The Balaban J connectivity index is 2.32. The summed E-state index contributed by atoms with van der Waals surface area (Å²) in [5, 5.41) is 9.56. The topological polar surface area (TPSA) is 23.5 Å². The zero-order valence-corrected chi connectivity index (χ0v) is 9.79. The minimum absolute atomic E-state index is 0.234. The van der Waals surface area contributed by atoms with Crippen LogP contribution in [0, 0.1) is 0 Å². The van der Waals surface area contributed by atoms with Gasteiger partial charge in [0.15, 0.2) is 0 Å². The summed E-state index contributed by atoms with van der Waals surface area (Å²) in [4.78, 5) is 3.58. The van der Waals surface area contributed by atoms with Crippen molar-refractivity contribution in [2.24, 2.45) is 0 Å². The van der Waals surface area contributed by atoms with Crippen LogP contribution in [0.25, 0.3) is 0 Å². The molecule has 1 atom stereocenters. The number of rotatable bonds is 2. The molecule has 3 heteroatoms. The third-order valence-electron chi connectivity index (χ3n) is 2.45. The first kappa shape index (κ1) is 10.4. The summed E-state index contributed by atoms with van der Waals surface area (Å²) in [5.41, 5.74) is 1.27. The summed E-state index contributed by atoms with van der Waals surface area (Å²) >= 11 is 1.79. The van der Waals surface area contributed by atoms with Gasteiger partial charge in [-0.1, -0.05) is 23.9 Å². The third-order valence-corrected chi connectivity index (χ3v) is 3.69. The molecule has 0 saturated carbocycles. The van der Waals surface area contributed by atoms with E-state index in [2.05, 4.69) is 36.1 Å². The number of aliphatic hydroxyl groups excluding tert-OH is 1. The number of aliphatic hydroxyl groups is 1. The van der Waals surface area contributed by atoms with Gasteiger partial charge in [-0.15, -0.1) is 0 Å². The van der Waals surface area contributed by atoms with Crippen LogP contribution in [-0.4, -0.2) is 17.0 Å². The molecule has 0 spiro atoms. The fourth-order valence-corrected chi connectivity index (χ4v) is 3.18. The number of allylic oxidation sites excluding steroid dienone is 1. The SMILES string of the molecule is CCN1c2ccccc2SC1/C=C(\C)O. The van der Waals surface area contributed by atoms with Crippen LogP contribution in [0.5, 0.6) is 0 Å². The summed E-state index contributed by atoms with van der Waals surface area (Å²) in [6.45, 7) is 4.81. The standard InChI is InChI=1S/C12H15NOS/c1-3-13-10-6-4-5-7-11(10)15-12(13)8-9(2)14/h4-8,12,14H,3H2,1-2H3/b9-8+. The normalized spacial score (nSPS) is 20.5. The predicted molar refractivity (Wildman–Crippen MR) is 65.5 cm³/mol. The monoisotopic (exact) mass is 221 g/mol. The lowest BCUT2D eigenvalue weighted by molar-refractivity contribution is 0.411. The molecule has 2 nitrogen and oxygen atoms in total. The molecule has 0 aromatic heterocycles. The van der Waals surface area contributed by atoms with Gasteiger partial charge in [0.25, 0.3) is 0 Å². The van der Waals surface area contributed by atoms with Crippen molar-refractivity contribution in [2.45, 2.75) is 24.1 Å². The molecule has 1 unspecified atom stereocenters. The lowest BCUT2D eigenvalue weighted by Gasteiger charge is -2.22. The maximum Gasteiger partial charge on any atom is 0.102 e. The molecule has 1 aliphatic rings. The Morgan fingerprint density at radius 2 is 2.27 bits per heavy atom. The number of fused-ring (bicyclic) bond motifs is 1. The van der Waals surface area contributed by atoms with E-state index in [4.69, 9.17) is 0 Å². The lowest BCUT2D eigenvalue weighted by atomic mass is 10.3. The van der Waals surface area contributed by atoms with Crippen molar-refractivity contribution in [3.05, 3.63) is 36.1 Å². The number of hydrogen-bond acceptors (Lipinski definition) is 3. The van der Waals surface area contributed by atoms with Gasteiger partial charge in [0.1, 0.15) is 5.37 Å². The van der Waals surface area contributed by atoms with Gasteiger partial charge in [-0.2, -0.15) is 0 Å². The number of thioether (sulfide) groups is 1. The van der Waals surface area contributed by atoms with E-state index in [0.29, 0.717) is 5.76 Å². The molecule has 0 aliphatic carbocycles. The van der Waals surface area contributed by atoms with Gasteiger partial charge in [-0.25, -0.2) is 0 Å². The molecule has 0 saturated heterocycles. The third kappa shape index (κ3) is 1.97. The maximum atomic E-state index is 9.33. The molecule has 2 rings (SSSR count). The van der Waals surface area contributed by atoms with Gasteiger partial charge in [-0.05, 0) is 32.1 Å². The van der Waals surface area contributed by atoms with Gasteiger partial charge in [0, 0.05) is 11.4 Å². The van der Waals surface area contributed by atoms with E-state index in [1.165, 1.54) is 10.6 Å². The molecule has 0 radical (unpaired) electrons. The Kier molecular flexibility index (Phi) is 2.91. The van der Waals surface area contributed by atoms with Crippen LogP contribution in [0.2, 0.25) is 0 Å². The molecule has 1 aromatic rings. The van der Waals surface area contributed by atoms with Crippen molar-refractivity contribution in [3.8, 4) is 0 Å². The van der Waals surface area contributed by atoms with E-state index in [0.717, 1.165) is 6.54 Å². The Labute approximate surface area is 94.6 Å². The smallest absolute Gasteiger partial charge is 0.102 e. The summed E-state index contributed by atoms with van der Waals surface area (Å²) in [5.74, 6) is 0.388. The molecule has 1 aliphatic heterocycles. The zero-order chi connectivity index (χ0) is 10.8. The quantitative estimate of drug-likeness (QED) is 0.774. The van der Waals surface area contributed by atoms with Crippen molar-refractivity contribution in [3.63, 3.8) is 0 Å². The molecule has 15 heavy (non-hydrogen) atoms. The van der Waals surface area contributed by atoms with E-state index in [1.807, 2.05) is 6.08 Å². The summed E-state index contributed by atoms with van der Waals surface area (Å²) in [7, 11) is 0. The first-order chi connectivity index (χ1) is 7.22. The van der Waals surface area contributed by atoms with E-state index < -0.39 is 0 Å². The number of anilines is 1. The van der Waals surface area contributed by atoms with Crippen LogP contribution in [0.4, 0.5) is 5.69 Å². The second-order valence-corrected chi connectivity index (χ2v) is 4.73. The Bertz CT molecular complexity index is 385. The number of hydrogen-bond donors (Lipinski definition) is 1. The van der Waals surface area contributed by atoms with Gasteiger partial charge in [0.2, 0.25) is 0 Å². The summed E-state index contributed by atoms with van der Waals surface area (Å²) < 4.78 is 0. The van der Waals surface area contributed by atoms with E-state index in [-0.39, 0.29) is 5.37 Å². The number of nitrogens with zero attached hydrogens (tertiary/aromatic N) is 1. The van der Waals surface area contributed by atoms with Crippen molar-refractivity contribution in [1.29, 1.82) is 0 Å². The molecule has 0 bridgehead atoms. The van der Waals surface area contributed by atoms with Crippen molar-refractivity contribution in [1.82, 2.24) is 0 Å². The minimum Gasteiger partial charge on any atom is -0.513 e. The maximum absolute atomic E-state index is 9.33. The highest BCUT2D eigenvalue weighted by molar-refractivity contribution is 8.00. The second-order valence-electron chi connectivity index (χ2n) is 3.57. The highest BCUT2D eigenvalue weighted by Gasteiger charge is 2.26. The minimum atomic E-state index is 0.234. The Morgan fingerprint density at radius 1 is 1.53 bits per heavy atom. The van der Waals surface area contributed by atoms with Crippen LogP contribution in [0.15, 0.2) is 41.0 Å². The Morgan fingerprint density at radius 3 is 2.93 bits per heavy atom. The summed E-state index contributed by atoms with van der Waals surface area (Å²) in [6.07, 6.45) is 1.90. The fourth-order valence-electron chi connectivity index (χ4n) is 1.81. The number of benzene rings is 1. The van der Waals surface area contributed by atoms with Gasteiger partial charge >= 0.3 is 0 Å². The van der Waals surface area contributed by atoms with E-state index in [1.54, 1.807) is 18.7 Å².